The van der Waals surface area contributed by atoms with Gasteiger partial charge in [0.05, 0.1) is 13.0 Å². The van der Waals surface area contributed by atoms with Gasteiger partial charge in [0, 0.05) is 19.5 Å². The van der Waals surface area contributed by atoms with E-state index in [9.17, 15) is 22.8 Å². The molecule has 0 bridgehead atoms. The van der Waals surface area contributed by atoms with Crippen LogP contribution in [0.5, 0.6) is 5.75 Å². The van der Waals surface area contributed by atoms with Gasteiger partial charge in [-0.15, -0.1) is 0 Å². The van der Waals surface area contributed by atoms with Crippen LogP contribution in [-0.4, -0.2) is 31.3 Å². The fraction of sp³-hybridized carbons (Fsp3) is 0.300. The highest BCUT2D eigenvalue weighted by molar-refractivity contribution is 5.88. The topological polar surface area (TPSA) is 64.6 Å². The molecule has 0 heterocycles. The number of rotatable bonds is 9. The van der Waals surface area contributed by atoms with Crippen LogP contribution in [0.2, 0.25) is 0 Å². The summed E-state index contributed by atoms with van der Waals surface area (Å²) in [5.41, 5.74) is 2.06. The molecular formula is C20H20F3NO4. The van der Waals surface area contributed by atoms with Crippen molar-refractivity contribution in [2.45, 2.75) is 25.6 Å². The molecule has 2 aromatic carbocycles. The van der Waals surface area contributed by atoms with Gasteiger partial charge in [-0.25, -0.2) is 4.79 Å². The maximum atomic E-state index is 12.0. The number of hydrogen-bond acceptors (Lipinski definition) is 5. The average molecular weight is 395 g/mol. The van der Waals surface area contributed by atoms with E-state index < -0.39 is 18.1 Å². The summed E-state index contributed by atoms with van der Waals surface area (Å²) in [7, 11) is 0. The number of benzene rings is 2. The Labute approximate surface area is 160 Å². The molecule has 28 heavy (non-hydrogen) atoms. The Balaban J connectivity index is 1.68. The Morgan fingerprint density at radius 2 is 1.68 bits per heavy atom. The van der Waals surface area contributed by atoms with Crippen LogP contribution >= 0.6 is 0 Å². The monoisotopic (exact) mass is 395 g/mol. The maximum Gasteiger partial charge on any atom is 0.491 e. The molecule has 5 nitrogen and oxygen atoms in total. The van der Waals surface area contributed by atoms with Crippen LogP contribution < -0.4 is 10.1 Å². The number of halogens is 3. The van der Waals surface area contributed by atoms with Gasteiger partial charge in [0.1, 0.15) is 5.75 Å². The van der Waals surface area contributed by atoms with E-state index in [1.54, 1.807) is 0 Å². The van der Waals surface area contributed by atoms with E-state index in [1.165, 1.54) is 5.56 Å². The SMILES string of the molecule is O=C(CCNCc1cccc(OCCc2ccccc2)c1)OC(=O)C(F)(F)F. The van der Waals surface area contributed by atoms with Crippen molar-refractivity contribution in [1.29, 1.82) is 0 Å². The van der Waals surface area contributed by atoms with Gasteiger partial charge in [-0.1, -0.05) is 42.5 Å². The molecule has 1 N–H and O–H groups in total. The van der Waals surface area contributed by atoms with Gasteiger partial charge >= 0.3 is 18.1 Å². The molecule has 0 aliphatic heterocycles. The third kappa shape index (κ3) is 7.79. The summed E-state index contributed by atoms with van der Waals surface area (Å²) in [6.07, 6.45) is -4.75. The van der Waals surface area contributed by atoms with E-state index in [0.717, 1.165) is 12.0 Å². The van der Waals surface area contributed by atoms with Gasteiger partial charge in [0.25, 0.3) is 0 Å². The van der Waals surface area contributed by atoms with Crippen molar-refractivity contribution in [3.63, 3.8) is 0 Å². The maximum absolute atomic E-state index is 12.0. The van der Waals surface area contributed by atoms with Crippen LogP contribution in [0, 0.1) is 0 Å². The smallest absolute Gasteiger partial charge is 0.491 e. The number of hydrogen-bond donors (Lipinski definition) is 1. The molecule has 0 radical (unpaired) electrons. The van der Waals surface area contributed by atoms with Crippen molar-refractivity contribution in [3.05, 3.63) is 65.7 Å². The number of carbonyl (C=O) groups is 2. The summed E-state index contributed by atoms with van der Waals surface area (Å²) >= 11 is 0. The summed E-state index contributed by atoms with van der Waals surface area (Å²) < 4.78 is 45.4. The first kappa shape index (κ1) is 21.4. The molecule has 0 atom stereocenters. The van der Waals surface area contributed by atoms with Crippen LogP contribution in [0.15, 0.2) is 54.6 Å². The summed E-state index contributed by atoms with van der Waals surface area (Å²) in [5.74, 6) is -3.03. The lowest BCUT2D eigenvalue weighted by molar-refractivity contribution is -0.201. The van der Waals surface area contributed by atoms with Crippen LogP contribution in [0.3, 0.4) is 0 Å². The van der Waals surface area contributed by atoms with Crippen molar-refractivity contribution in [2.75, 3.05) is 13.2 Å². The fourth-order valence-corrected chi connectivity index (χ4v) is 2.31. The molecule has 0 fully saturated rings. The van der Waals surface area contributed by atoms with Gasteiger partial charge < -0.3 is 14.8 Å². The number of esters is 2. The molecule has 0 unspecified atom stereocenters. The minimum absolute atomic E-state index is 0.0725. The second-order valence-corrected chi connectivity index (χ2v) is 5.92. The summed E-state index contributed by atoms with van der Waals surface area (Å²) in [6.45, 7) is 0.986. The first-order valence-corrected chi connectivity index (χ1v) is 8.63. The Bertz CT molecular complexity index is 779. The number of nitrogens with one attached hydrogen (secondary N) is 1. The Kier molecular flexibility index (Phi) is 8.01. The predicted octanol–water partition coefficient (Wildman–Crippen LogP) is 3.42. The highest BCUT2D eigenvalue weighted by atomic mass is 19.4. The molecule has 2 aromatic rings. The number of carbonyl (C=O) groups excluding carboxylic acids is 2. The molecular weight excluding hydrogens is 375 g/mol. The van der Waals surface area contributed by atoms with Crippen molar-refractivity contribution in [2.24, 2.45) is 0 Å². The van der Waals surface area contributed by atoms with E-state index in [4.69, 9.17) is 4.74 Å². The highest BCUT2D eigenvalue weighted by Gasteiger charge is 2.42. The molecule has 0 spiro atoms. The molecule has 8 heteroatoms. The Morgan fingerprint density at radius 3 is 2.39 bits per heavy atom. The molecule has 2 rings (SSSR count). The summed E-state index contributed by atoms with van der Waals surface area (Å²) in [4.78, 5) is 21.7. The minimum Gasteiger partial charge on any atom is -0.493 e. The lowest BCUT2D eigenvalue weighted by atomic mass is 10.2. The van der Waals surface area contributed by atoms with Gasteiger partial charge in [-0.05, 0) is 23.3 Å². The molecule has 0 amide bonds. The van der Waals surface area contributed by atoms with E-state index in [1.807, 2.05) is 54.6 Å². The zero-order valence-corrected chi connectivity index (χ0v) is 15.0. The normalized spacial score (nSPS) is 11.1. The lowest BCUT2D eigenvalue weighted by Crippen LogP contribution is -2.29. The van der Waals surface area contributed by atoms with Gasteiger partial charge in [-0.2, -0.15) is 13.2 Å². The highest BCUT2D eigenvalue weighted by Crippen LogP contribution is 2.17. The predicted molar refractivity (Wildman–Crippen MR) is 95.6 cm³/mol. The molecule has 150 valence electrons. The zero-order chi connectivity index (χ0) is 20.4. The van der Waals surface area contributed by atoms with Gasteiger partial charge in [-0.3, -0.25) is 4.79 Å². The van der Waals surface area contributed by atoms with Crippen LogP contribution in [0.25, 0.3) is 0 Å². The van der Waals surface area contributed by atoms with E-state index in [-0.39, 0.29) is 13.0 Å². The van der Waals surface area contributed by atoms with Crippen LogP contribution in [0.4, 0.5) is 13.2 Å². The van der Waals surface area contributed by atoms with Crippen molar-refractivity contribution >= 4 is 11.9 Å². The average Bonchev–Trinajstić information content (AvgIpc) is 2.66. The standard InChI is InChI=1S/C20H20F3NO4/c21-20(22,23)19(26)28-18(25)9-11-24-14-16-7-4-8-17(13-16)27-12-10-15-5-2-1-3-6-15/h1-8,13,24H,9-12,14H2. The van der Waals surface area contributed by atoms with E-state index >= 15 is 0 Å². The van der Waals surface area contributed by atoms with Gasteiger partial charge in [0.15, 0.2) is 0 Å². The lowest BCUT2D eigenvalue weighted by Gasteiger charge is -2.09. The molecule has 0 saturated carbocycles. The Hall–Kier alpha value is -2.87. The van der Waals surface area contributed by atoms with E-state index in [2.05, 4.69) is 10.1 Å². The molecule has 0 saturated heterocycles. The quantitative estimate of drug-likeness (QED) is 0.400. The molecule has 0 aliphatic rings. The minimum atomic E-state index is -5.18. The molecule has 0 aromatic heterocycles. The van der Waals surface area contributed by atoms with Crippen molar-refractivity contribution in [1.82, 2.24) is 5.32 Å². The first-order chi connectivity index (χ1) is 13.3. The summed E-state index contributed by atoms with van der Waals surface area (Å²) in [5, 5.41) is 2.90. The Morgan fingerprint density at radius 1 is 0.964 bits per heavy atom. The number of ether oxygens (including phenoxy) is 2. The number of alkyl halides is 3. The zero-order valence-electron chi connectivity index (χ0n) is 15.0. The third-order valence-electron chi connectivity index (χ3n) is 3.67. The summed E-state index contributed by atoms with van der Waals surface area (Å²) in [6, 6.07) is 17.3. The molecule has 0 aliphatic carbocycles. The van der Waals surface area contributed by atoms with Crippen LogP contribution in [-0.2, 0) is 27.3 Å². The van der Waals surface area contributed by atoms with E-state index in [0.29, 0.717) is 18.9 Å². The fourth-order valence-electron chi connectivity index (χ4n) is 2.31. The second kappa shape index (κ2) is 10.5. The van der Waals surface area contributed by atoms with Crippen molar-refractivity contribution in [3.8, 4) is 5.75 Å². The third-order valence-corrected chi connectivity index (χ3v) is 3.67. The largest absolute Gasteiger partial charge is 0.493 e. The van der Waals surface area contributed by atoms with Crippen LogP contribution in [0.1, 0.15) is 17.5 Å². The van der Waals surface area contributed by atoms with Crippen molar-refractivity contribution < 1.29 is 32.2 Å². The second-order valence-electron chi connectivity index (χ2n) is 5.92. The van der Waals surface area contributed by atoms with Gasteiger partial charge in [0.2, 0.25) is 0 Å². The first-order valence-electron chi connectivity index (χ1n) is 8.63.